The van der Waals surface area contributed by atoms with Crippen molar-refractivity contribution in [1.29, 1.82) is 0 Å². The first-order valence-corrected chi connectivity index (χ1v) is 11.4. The van der Waals surface area contributed by atoms with Crippen molar-refractivity contribution in [2.45, 2.75) is 18.9 Å². The van der Waals surface area contributed by atoms with E-state index in [1.54, 1.807) is 24.1 Å². The van der Waals surface area contributed by atoms with Gasteiger partial charge in [-0.25, -0.2) is 4.98 Å². The minimum Gasteiger partial charge on any atom is -0.378 e. The Labute approximate surface area is 192 Å². The predicted octanol–water partition coefficient (Wildman–Crippen LogP) is 1.84. The Morgan fingerprint density at radius 1 is 1.09 bits per heavy atom. The maximum absolute atomic E-state index is 13.3. The van der Waals surface area contributed by atoms with Gasteiger partial charge in [0.2, 0.25) is 0 Å². The number of aromatic nitrogens is 3. The van der Waals surface area contributed by atoms with Gasteiger partial charge in [-0.3, -0.25) is 14.3 Å². The number of aryl methyl sites for hydroxylation is 1. The Kier molecular flexibility index (Phi) is 5.95. The minimum atomic E-state index is -0.0937. The maximum Gasteiger partial charge on any atom is 0.254 e. The number of carbonyl (C=O) groups excluding carboxylic acids is 2. The molecule has 2 fully saturated rings. The van der Waals surface area contributed by atoms with Gasteiger partial charge < -0.3 is 19.9 Å². The van der Waals surface area contributed by atoms with Gasteiger partial charge in [0.05, 0.1) is 36.1 Å². The molecule has 2 aliphatic rings. The molecule has 3 aromatic rings. The first-order valence-electron chi connectivity index (χ1n) is 11.4. The van der Waals surface area contributed by atoms with Gasteiger partial charge in [0.25, 0.3) is 11.8 Å². The molecule has 2 amide bonds. The second-order valence-electron chi connectivity index (χ2n) is 8.59. The molecule has 9 nitrogen and oxygen atoms in total. The maximum atomic E-state index is 13.3. The number of ether oxygens (including phenoxy) is 1. The van der Waals surface area contributed by atoms with E-state index in [0.717, 1.165) is 42.7 Å². The van der Waals surface area contributed by atoms with Crippen LogP contribution < -0.4 is 10.2 Å². The highest BCUT2D eigenvalue weighted by Gasteiger charge is 2.26. The Bertz CT molecular complexity index is 1160. The summed E-state index contributed by atoms with van der Waals surface area (Å²) in [7, 11) is 1.80. The van der Waals surface area contributed by atoms with Crippen molar-refractivity contribution < 1.29 is 14.3 Å². The molecule has 0 atom stereocenters. The number of nitrogens with one attached hydrogen (secondary N) is 1. The van der Waals surface area contributed by atoms with Crippen molar-refractivity contribution in [2.24, 2.45) is 7.05 Å². The Morgan fingerprint density at radius 3 is 2.58 bits per heavy atom. The number of piperidine rings is 1. The van der Waals surface area contributed by atoms with Crippen LogP contribution in [-0.2, 0) is 11.8 Å². The number of hydrogen-bond acceptors (Lipinski definition) is 6. The molecule has 1 aromatic carbocycles. The van der Waals surface area contributed by atoms with Crippen LogP contribution in [-0.4, -0.2) is 76.9 Å². The Morgan fingerprint density at radius 2 is 1.85 bits per heavy atom. The number of pyridine rings is 1. The highest BCUT2D eigenvalue weighted by atomic mass is 16.5. The summed E-state index contributed by atoms with van der Waals surface area (Å²) in [5.74, 6) is 0.739. The summed E-state index contributed by atoms with van der Waals surface area (Å²) < 4.78 is 7.03. The zero-order valence-corrected chi connectivity index (χ0v) is 18.7. The van der Waals surface area contributed by atoms with Crippen molar-refractivity contribution >= 4 is 28.5 Å². The molecule has 0 unspecified atom stereocenters. The SMILES string of the molecule is Cn1cc(C(=O)NC2CCN(c3cc(C(=O)N4CCOCC4)c4ccccc4n3)CC2)cn1. The number of para-hydroxylation sites is 1. The zero-order chi connectivity index (χ0) is 22.8. The summed E-state index contributed by atoms with van der Waals surface area (Å²) in [5.41, 5.74) is 2.07. The van der Waals surface area contributed by atoms with Crippen LogP contribution in [0.25, 0.3) is 10.9 Å². The largest absolute Gasteiger partial charge is 0.378 e. The van der Waals surface area contributed by atoms with Crippen LogP contribution in [0.5, 0.6) is 0 Å². The number of morpholine rings is 1. The number of rotatable bonds is 4. The molecule has 0 radical (unpaired) electrons. The fraction of sp³-hybridized carbons (Fsp3) is 0.417. The molecule has 0 saturated carbocycles. The van der Waals surface area contributed by atoms with Gasteiger partial charge in [-0.05, 0) is 25.0 Å². The van der Waals surface area contributed by atoms with E-state index in [-0.39, 0.29) is 17.9 Å². The van der Waals surface area contributed by atoms with E-state index in [1.165, 1.54) is 0 Å². The van der Waals surface area contributed by atoms with Gasteiger partial charge in [-0.2, -0.15) is 5.10 Å². The van der Waals surface area contributed by atoms with E-state index in [2.05, 4.69) is 15.3 Å². The third-order valence-corrected chi connectivity index (χ3v) is 6.35. The summed E-state index contributed by atoms with van der Waals surface area (Å²) in [6, 6.07) is 9.83. The van der Waals surface area contributed by atoms with Crippen LogP contribution in [0.1, 0.15) is 33.6 Å². The van der Waals surface area contributed by atoms with Gasteiger partial charge in [0.1, 0.15) is 5.82 Å². The van der Waals surface area contributed by atoms with E-state index >= 15 is 0 Å². The lowest BCUT2D eigenvalue weighted by Crippen LogP contribution is -2.45. The molecule has 4 heterocycles. The zero-order valence-electron chi connectivity index (χ0n) is 18.7. The third-order valence-electron chi connectivity index (χ3n) is 6.35. The van der Waals surface area contributed by atoms with E-state index in [4.69, 9.17) is 9.72 Å². The molecule has 9 heteroatoms. The highest BCUT2D eigenvalue weighted by Crippen LogP contribution is 2.26. The Hall–Kier alpha value is -3.46. The molecule has 2 aromatic heterocycles. The number of fused-ring (bicyclic) bond motifs is 1. The number of nitrogens with zero attached hydrogens (tertiary/aromatic N) is 5. The molecule has 172 valence electrons. The van der Waals surface area contributed by atoms with E-state index in [9.17, 15) is 9.59 Å². The van der Waals surface area contributed by atoms with Crippen molar-refractivity contribution in [3.63, 3.8) is 0 Å². The lowest BCUT2D eigenvalue weighted by atomic mass is 10.0. The van der Waals surface area contributed by atoms with E-state index in [1.807, 2.05) is 35.2 Å². The molecular weight excluding hydrogens is 420 g/mol. The number of benzene rings is 1. The van der Waals surface area contributed by atoms with Gasteiger partial charge in [-0.1, -0.05) is 18.2 Å². The van der Waals surface area contributed by atoms with Crippen LogP contribution in [0.15, 0.2) is 42.7 Å². The lowest BCUT2D eigenvalue weighted by molar-refractivity contribution is 0.0304. The summed E-state index contributed by atoms with van der Waals surface area (Å²) >= 11 is 0. The summed E-state index contributed by atoms with van der Waals surface area (Å²) in [6.07, 6.45) is 4.92. The molecule has 2 saturated heterocycles. The molecule has 33 heavy (non-hydrogen) atoms. The van der Waals surface area contributed by atoms with Crippen LogP contribution >= 0.6 is 0 Å². The molecule has 5 rings (SSSR count). The minimum absolute atomic E-state index is 0.0248. The van der Waals surface area contributed by atoms with E-state index < -0.39 is 0 Å². The van der Waals surface area contributed by atoms with Gasteiger partial charge in [0.15, 0.2) is 0 Å². The molecule has 1 N–H and O–H groups in total. The van der Waals surface area contributed by atoms with Crippen LogP contribution in [0.3, 0.4) is 0 Å². The smallest absolute Gasteiger partial charge is 0.254 e. The third kappa shape index (κ3) is 4.54. The Balaban J connectivity index is 1.32. The average molecular weight is 449 g/mol. The standard InChI is InChI=1S/C24H28N6O3/c1-28-16-17(15-25-28)23(31)26-18-6-8-29(9-7-18)22-14-20(19-4-2-3-5-21(19)27-22)24(32)30-10-12-33-13-11-30/h2-5,14-16,18H,6-13H2,1H3,(H,26,31). The normalized spacial score (nSPS) is 17.4. The lowest BCUT2D eigenvalue weighted by Gasteiger charge is -2.34. The molecule has 0 aliphatic carbocycles. The highest BCUT2D eigenvalue weighted by molar-refractivity contribution is 6.07. The first kappa shape index (κ1) is 21.4. The molecule has 0 spiro atoms. The van der Waals surface area contributed by atoms with Gasteiger partial charge in [-0.15, -0.1) is 0 Å². The fourth-order valence-electron chi connectivity index (χ4n) is 4.50. The van der Waals surface area contributed by atoms with Crippen LogP contribution in [0.4, 0.5) is 5.82 Å². The van der Waals surface area contributed by atoms with E-state index in [0.29, 0.717) is 37.4 Å². The van der Waals surface area contributed by atoms with Crippen LogP contribution in [0, 0.1) is 0 Å². The van der Waals surface area contributed by atoms with Crippen molar-refractivity contribution in [3.8, 4) is 0 Å². The summed E-state index contributed by atoms with van der Waals surface area (Å²) in [5, 5.41) is 8.05. The monoisotopic (exact) mass is 448 g/mol. The number of anilines is 1. The quantitative estimate of drug-likeness (QED) is 0.655. The molecular formula is C24H28N6O3. The summed E-state index contributed by atoms with van der Waals surface area (Å²) in [6.45, 7) is 3.86. The first-order chi connectivity index (χ1) is 16.1. The van der Waals surface area contributed by atoms with Crippen molar-refractivity contribution in [2.75, 3.05) is 44.3 Å². The number of amides is 2. The molecule has 2 aliphatic heterocycles. The topological polar surface area (TPSA) is 92.6 Å². The van der Waals surface area contributed by atoms with Gasteiger partial charge >= 0.3 is 0 Å². The average Bonchev–Trinajstić information content (AvgIpc) is 3.30. The second-order valence-corrected chi connectivity index (χ2v) is 8.59. The second kappa shape index (κ2) is 9.19. The van der Waals surface area contributed by atoms with Crippen molar-refractivity contribution in [1.82, 2.24) is 25.0 Å². The molecule has 0 bridgehead atoms. The number of carbonyl (C=O) groups is 2. The van der Waals surface area contributed by atoms with Gasteiger partial charge in [0, 0.05) is 50.9 Å². The fourth-order valence-corrected chi connectivity index (χ4v) is 4.50. The predicted molar refractivity (Wildman–Crippen MR) is 124 cm³/mol. The summed E-state index contributed by atoms with van der Waals surface area (Å²) in [4.78, 5) is 34.7. The number of hydrogen-bond donors (Lipinski definition) is 1. The van der Waals surface area contributed by atoms with Crippen LogP contribution in [0.2, 0.25) is 0 Å². The van der Waals surface area contributed by atoms with Crippen molar-refractivity contribution in [3.05, 3.63) is 53.9 Å².